The molecule has 0 aliphatic carbocycles. The third-order valence-electron chi connectivity index (χ3n) is 4.91. The van der Waals surface area contributed by atoms with Crippen molar-refractivity contribution in [3.8, 4) is 5.75 Å². The minimum atomic E-state index is -0.0303. The van der Waals surface area contributed by atoms with Gasteiger partial charge in [0.2, 0.25) is 0 Å². The molecule has 1 heterocycles. The molecule has 0 bridgehead atoms. The van der Waals surface area contributed by atoms with Crippen LogP contribution in [0.1, 0.15) is 34.5 Å². The molecule has 1 saturated heterocycles. The molecular weight excluding hydrogens is 340 g/mol. The highest BCUT2D eigenvalue weighted by Gasteiger charge is 2.23. The Morgan fingerprint density at radius 1 is 1.15 bits per heavy atom. The lowest BCUT2D eigenvalue weighted by atomic mass is 10.0. The molecule has 0 aromatic heterocycles. The Morgan fingerprint density at radius 2 is 1.85 bits per heavy atom. The van der Waals surface area contributed by atoms with Gasteiger partial charge in [0, 0.05) is 25.2 Å². The van der Waals surface area contributed by atoms with Crippen LogP contribution in [0.2, 0.25) is 0 Å². The first kappa shape index (κ1) is 19.4. The minimum absolute atomic E-state index is 0.0303. The third kappa shape index (κ3) is 5.08. The van der Waals surface area contributed by atoms with E-state index in [2.05, 4.69) is 22.3 Å². The van der Waals surface area contributed by atoms with E-state index >= 15 is 0 Å². The molecule has 0 radical (unpaired) electrons. The van der Waals surface area contributed by atoms with E-state index in [0.717, 1.165) is 43.2 Å². The van der Waals surface area contributed by atoms with Crippen LogP contribution >= 0.6 is 0 Å². The standard InChI is InChI=1S/C22H28N2O3/c1-3-27-19-10-8-18(9-11-19)21(24-12-14-26-15-13-24)16-23-22(25)20-7-5-4-6-17(20)2/h4-11,21H,3,12-16H2,1-2H3,(H,23,25). The highest BCUT2D eigenvalue weighted by molar-refractivity contribution is 5.95. The quantitative estimate of drug-likeness (QED) is 0.815. The smallest absolute Gasteiger partial charge is 0.251 e. The maximum absolute atomic E-state index is 12.6. The van der Waals surface area contributed by atoms with E-state index in [4.69, 9.17) is 9.47 Å². The zero-order chi connectivity index (χ0) is 19.1. The number of hydrogen-bond acceptors (Lipinski definition) is 4. The van der Waals surface area contributed by atoms with Crippen LogP contribution < -0.4 is 10.1 Å². The van der Waals surface area contributed by atoms with Gasteiger partial charge in [0.15, 0.2) is 0 Å². The van der Waals surface area contributed by atoms with E-state index in [1.807, 2.05) is 50.2 Å². The van der Waals surface area contributed by atoms with E-state index in [1.54, 1.807) is 0 Å². The molecule has 1 atom stereocenters. The van der Waals surface area contributed by atoms with Gasteiger partial charge in [-0.05, 0) is 43.2 Å². The minimum Gasteiger partial charge on any atom is -0.494 e. The van der Waals surface area contributed by atoms with Crippen LogP contribution in [0.3, 0.4) is 0 Å². The largest absolute Gasteiger partial charge is 0.494 e. The Hall–Kier alpha value is -2.37. The lowest BCUT2D eigenvalue weighted by Crippen LogP contribution is -2.43. The summed E-state index contributed by atoms with van der Waals surface area (Å²) < 4.78 is 11.1. The predicted octanol–water partition coefficient (Wildman–Crippen LogP) is 3.20. The number of rotatable bonds is 7. The molecule has 27 heavy (non-hydrogen) atoms. The molecule has 5 heteroatoms. The van der Waals surface area contributed by atoms with Crippen LogP contribution in [-0.2, 0) is 4.74 Å². The zero-order valence-corrected chi connectivity index (χ0v) is 16.1. The number of benzene rings is 2. The fraction of sp³-hybridized carbons (Fsp3) is 0.409. The van der Waals surface area contributed by atoms with Gasteiger partial charge in [-0.2, -0.15) is 0 Å². The molecule has 1 N–H and O–H groups in total. The number of carbonyl (C=O) groups excluding carboxylic acids is 1. The van der Waals surface area contributed by atoms with Crippen molar-refractivity contribution in [2.45, 2.75) is 19.9 Å². The second-order valence-electron chi connectivity index (χ2n) is 6.69. The van der Waals surface area contributed by atoms with Gasteiger partial charge in [-0.25, -0.2) is 0 Å². The van der Waals surface area contributed by atoms with E-state index in [1.165, 1.54) is 5.56 Å². The molecule has 0 spiro atoms. The van der Waals surface area contributed by atoms with Crippen molar-refractivity contribution in [3.63, 3.8) is 0 Å². The maximum atomic E-state index is 12.6. The summed E-state index contributed by atoms with van der Waals surface area (Å²) in [6, 6.07) is 15.9. The lowest BCUT2D eigenvalue weighted by Gasteiger charge is -2.35. The zero-order valence-electron chi connectivity index (χ0n) is 16.1. The molecule has 2 aromatic carbocycles. The number of aryl methyl sites for hydroxylation is 1. The van der Waals surface area contributed by atoms with Crippen molar-refractivity contribution in [2.75, 3.05) is 39.5 Å². The Balaban J connectivity index is 1.73. The van der Waals surface area contributed by atoms with Gasteiger partial charge in [0.25, 0.3) is 5.91 Å². The van der Waals surface area contributed by atoms with Crippen LogP contribution in [0.4, 0.5) is 0 Å². The summed E-state index contributed by atoms with van der Waals surface area (Å²) in [5.74, 6) is 0.836. The van der Waals surface area contributed by atoms with Crippen molar-refractivity contribution in [2.24, 2.45) is 0 Å². The SMILES string of the molecule is CCOc1ccc(C(CNC(=O)c2ccccc2C)N2CCOCC2)cc1. The first-order valence-corrected chi connectivity index (χ1v) is 9.57. The number of amides is 1. The molecule has 1 fully saturated rings. The summed E-state index contributed by atoms with van der Waals surface area (Å²) in [4.78, 5) is 15.0. The second-order valence-corrected chi connectivity index (χ2v) is 6.69. The van der Waals surface area contributed by atoms with E-state index < -0.39 is 0 Å². The molecule has 144 valence electrons. The highest BCUT2D eigenvalue weighted by atomic mass is 16.5. The van der Waals surface area contributed by atoms with Crippen molar-refractivity contribution in [1.82, 2.24) is 10.2 Å². The highest BCUT2D eigenvalue weighted by Crippen LogP contribution is 2.24. The summed E-state index contributed by atoms with van der Waals surface area (Å²) in [5.41, 5.74) is 2.88. The van der Waals surface area contributed by atoms with E-state index in [9.17, 15) is 4.79 Å². The first-order valence-electron chi connectivity index (χ1n) is 9.57. The number of ether oxygens (including phenoxy) is 2. The Labute approximate surface area is 161 Å². The molecule has 1 amide bonds. The van der Waals surface area contributed by atoms with Crippen molar-refractivity contribution < 1.29 is 14.3 Å². The molecule has 1 unspecified atom stereocenters. The fourth-order valence-corrected chi connectivity index (χ4v) is 3.41. The number of nitrogens with zero attached hydrogens (tertiary/aromatic N) is 1. The van der Waals surface area contributed by atoms with Gasteiger partial charge in [-0.3, -0.25) is 9.69 Å². The number of hydrogen-bond donors (Lipinski definition) is 1. The second kappa shape index (κ2) is 9.53. The van der Waals surface area contributed by atoms with Gasteiger partial charge in [0.1, 0.15) is 5.75 Å². The maximum Gasteiger partial charge on any atom is 0.251 e. The van der Waals surface area contributed by atoms with Crippen LogP contribution in [-0.4, -0.2) is 50.3 Å². The number of carbonyl (C=O) groups is 1. The molecule has 5 nitrogen and oxygen atoms in total. The fourth-order valence-electron chi connectivity index (χ4n) is 3.41. The summed E-state index contributed by atoms with van der Waals surface area (Å²) in [6.45, 7) is 8.31. The summed E-state index contributed by atoms with van der Waals surface area (Å²) in [6.07, 6.45) is 0. The van der Waals surface area contributed by atoms with Gasteiger partial charge < -0.3 is 14.8 Å². The summed E-state index contributed by atoms with van der Waals surface area (Å²) in [5, 5.41) is 3.12. The molecule has 2 aromatic rings. The van der Waals surface area contributed by atoms with Gasteiger partial charge in [-0.15, -0.1) is 0 Å². The van der Waals surface area contributed by atoms with Gasteiger partial charge in [0.05, 0.1) is 25.9 Å². The normalized spacial score (nSPS) is 15.9. The predicted molar refractivity (Wildman–Crippen MR) is 106 cm³/mol. The van der Waals surface area contributed by atoms with E-state index in [-0.39, 0.29) is 11.9 Å². The Morgan fingerprint density at radius 3 is 2.52 bits per heavy atom. The van der Waals surface area contributed by atoms with Crippen molar-refractivity contribution in [1.29, 1.82) is 0 Å². The van der Waals surface area contributed by atoms with Crippen molar-refractivity contribution in [3.05, 3.63) is 65.2 Å². The average molecular weight is 368 g/mol. The summed E-state index contributed by atoms with van der Waals surface area (Å²) in [7, 11) is 0. The topological polar surface area (TPSA) is 50.8 Å². The van der Waals surface area contributed by atoms with Crippen LogP contribution in [0.5, 0.6) is 5.75 Å². The van der Waals surface area contributed by atoms with Gasteiger partial charge >= 0.3 is 0 Å². The summed E-state index contributed by atoms with van der Waals surface area (Å²) >= 11 is 0. The van der Waals surface area contributed by atoms with Crippen LogP contribution in [0, 0.1) is 6.92 Å². The molecule has 1 aliphatic heterocycles. The van der Waals surface area contributed by atoms with Crippen LogP contribution in [0.15, 0.2) is 48.5 Å². The third-order valence-corrected chi connectivity index (χ3v) is 4.91. The van der Waals surface area contributed by atoms with Gasteiger partial charge in [-0.1, -0.05) is 30.3 Å². The number of nitrogens with one attached hydrogen (secondary N) is 1. The average Bonchev–Trinajstić information content (AvgIpc) is 2.70. The van der Waals surface area contributed by atoms with Crippen molar-refractivity contribution >= 4 is 5.91 Å². The molecule has 1 aliphatic rings. The van der Waals surface area contributed by atoms with E-state index in [0.29, 0.717) is 13.2 Å². The van der Waals surface area contributed by atoms with Crippen LogP contribution in [0.25, 0.3) is 0 Å². The lowest BCUT2D eigenvalue weighted by molar-refractivity contribution is 0.0162. The molecule has 0 saturated carbocycles. The Bertz CT molecular complexity index is 739. The Kier molecular flexibility index (Phi) is 6.85. The number of morpholine rings is 1. The monoisotopic (exact) mass is 368 g/mol. The first-order chi connectivity index (χ1) is 13.2. The molecular formula is C22H28N2O3. The molecule has 3 rings (SSSR count).